The van der Waals surface area contributed by atoms with Crippen LogP contribution in [0.15, 0.2) is 95.7 Å². The average Bonchev–Trinajstić information content (AvgIpc) is 3.97. The molecule has 1 atom stereocenters. The summed E-state index contributed by atoms with van der Waals surface area (Å²) in [6, 6.07) is 20.4. The van der Waals surface area contributed by atoms with Gasteiger partial charge in [0.1, 0.15) is 22.8 Å². The lowest BCUT2D eigenvalue weighted by atomic mass is 9.72. The van der Waals surface area contributed by atoms with Crippen LogP contribution in [-0.4, -0.2) is 112 Å². The second-order valence-corrected chi connectivity index (χ2v) is 20.2. The number of pyridine rings is 1. The van der Waals surface area contributed by atoms with Crippen molar-refractivity contribution in [2.75, 3.05) is 83.0 Å². The second-order valence-electron chi connectivity index (χ2n) is 18.1. The third kappa shape index (κ3) is 11.2. The molecule has 2 aromatic heterocycles. The highest BCUT2D eigenvalue weighted by molar-refractivity contribution is 7.90. The van der Waals surface area contributed by atoms with E-state index in [1.54, 1.807) is 37.6 Å². The number of benzene rings is 3. The summed E-state index contributed by atoms with van der Waals surface area (Å²) in [6.45, 7) is 11.1. The first-order valence-corrected chi connectivity index (χ1v) is 24.2. The fourth-order valence-electron chi connectivity index (χ4n) is 9.08. The van der Waals surface area contributed by atoms with Crippen LogP contribution in [0.2, 0.25) is 5.02 Å². The summed E-state index contributed by atoms with van der Waals surface area (Å²) in [6.07, 6.45) is 7.69. The van der Waals surface area contributed by atoms with E-state index in [0.717, 1.165) is 61.1 Å². The number of anilines is 2. The van der Waals surface area contributed by atoms with E-state index in [1.165, 1.54) is 35.0 Å². The molecule has 3 aromatic carbocycles. The van der Waals surface area contributed by atoms with E-state index in [9.17, 15) is 23.3 Å². The van der Waals surface area contributed by atoms with Crippen molar-refractivity contribution in [2.45, 2.75) is 56.4 Å². The van der Waals surface area contributed by atoms with E-state index in [4.69, 9.17) is 25.8 Å². The molecule has 1 aliphatic carbocycles. The molecular formula is C48H57ClN8O8S. The molecule has 8 rings (SSSR count). The van der Waals surface area contributed by atoms with Crippen molar-refractivity contribution in [3.05, 3.63) is 117 Å². The van der Waals surface area contributed by atoms with Crippen LogP contribution in [0.25, 0.3) is 16.6 Å². The molecule has 0 spiro atoms. The number of piperazine rings is 1. The van der Waals surface area contributed by atoms with Crippen molar-refractivity contribution in [3.63, 3.8) is 0 Å². The number of fused-ring (bicyclic) bond motifs is 1. The highest BCUT2D eigenvalue weighted by Crippen LogP contribution is 2.44. The fraction of sp³-hybridized carbons (Fsp3) is 0.417. The lowest BCUT2D eigenvalue weighted by Crippen LogP contribution is -2.47. The number of allylic oxidation sites excluding steroid dienone is 1. The Bertz CT molecular complexity index is 2690. The van der Waals surface area contributed by atoms with Gasteiger partial charge in [0.15, 0.2) is 0 Å². The number of aromatic amines is 1. The summed E-state index contributed by atoms with van der Waals surface area (Å²) < 4.78 is 47.0. The first-order chi connectivity index (χ1) is 31.7. The van der Waals surface area contributed by atoms with E-state index >= 15 is 0 Å². The molecule has 16 nitrogen and oxygen atoms in total. The SMILES string of the molecule is COCCOCC[C@]1(Nc2ccc(S(=O)(=O)NC(=O)c3ccc(N4CCN(CC5=C(c6ccc(Cl)cc6)CC(C)(C)CC5)CC4)cc3Oc3cnc4[nH]ccc4c3)cc2[N+](=O)[O-])CCNC1. The minimum absolute atomic E-state index is 0.0480. The Morgan fingerprint density at radius 2 is 1.79 bits per heavy atom. The molecule has 0 saturated carbocycles. The fourth-order valence-corrected chi connectivity index (χ4v) is 10.2. The number of ether oxygens (including phenoxy) is 3. The third-order valence-electron chi connectivity index (χ3n) is 12.8. The smallest absolute Gasteiger partial charge is 0.293 e. The zero-order chi connectivity index (χ0) is 46.5. The summed E-state index contributed by atoms with van der Waals surface area (Å²) in [5, 5.41) is 20.5. The lowest BCUT2D eigenvalue weighted by molar-refractivity contribution is -0.384. The second kappa shape index (κ2) is 20.1. The molecule has 350 valence electrons. The quantitative estimate of drug-likeness (QED) is 0.0375. The third-order valence-corrected chi connectivity index (χ3v) is 14.4. The number of sulfonamides is 1. The number of H-pyrrole nitrogens is 1. The largest absolute Gasteiger partial charge is 0.455 e. The maximum absolute atomic E-state index is 14.1. The predicted octanol–water partition coefficient (Wildman–Crippen LogP) is 8.02. The molecule has 4 heterocycles. The molecule has 4 N–H and O–H groups in total. The van der Waals surface area contributed by atoms with Crippen molar-refractivity contribution >= 4 is 61.2 Å². The minimum atomic E-state index is -4.61. The Labute approximate surface area is 390 Å². The number of rotatable bonds is 18. The Kier molecular flexibility index (Phi) is 14.3. The molecule has 0 radical (unpaired) electrons. The van der Waals surface area contributed by atoms with E-state index in [0.29, 0.717) is 70.2 Å². The van der Waals surface area contributed by atoms with Gasteiger partial charge in [0.2, 0.25) is 0 Å². The van der Waals surface area contributed by atoms with Crippen LogP contribution in [0.3, 0.4) is 0 Å². The average molecular weight is 942 g/mol. The summed E-state index contributed by atoms with van der Waals surface area (Å²) in [4.78, 5) is 37.6. The maximum atomic E-state index is 14.1. The standard InChI is InChI=1S/C48H57ClN8O8S/c1-47(2)14-12-35(41(29-47)33-4-6-36(49)7-5-33)31-55-19-21-56(22-20-55)37-8-10-40(44(27-37)65-38-26-34-13-17-51-45(34)52-30-38)46(58)54-66(61,62)39-9-11-42(43(28-39)57(59)60)53-48(15-18-50-32-48)16-23-64-25-24-63-3/h4-11,13,17,26-28,30,50,53H,12,14-16,18-25,29,31-32H2,1-3H3,(H,51,52)(H,54,58)/t48-/m1/s1. The monoisotopic (exact) mass is 940 g/mol. The topological polar surface area (TPSA) is 193 Å². The van der Waals surface area contributed by atoms with Crippen molar-refractivity contribution in [2.24, 2.45) is 5.41 Å². The van der Waals surface area contributed by atoms with Gasteiger partial charge in [-0.1, -0.05) is 43.2 Å². The number of amides is 1. The van der Waals surface area contributed by atoms with Gasteiger partial charge in [0.05, 0.1) is 40.3 Å². The summed E-state index contributed by atoms with van der Waals surface area (Å²) in [5.74, 6) is -0.502. The van der Waals surface area contributed by atoms with Gasteiger partial charge in [-0.15, -0.1) is 0 Å². The minimum Gasteiger partial charge on any atom is -0.455 e. The molecular weight excluding hydrogens is 884 g/mol. The van der Waals surface area contributed by atoms with Gasteiger partial charge in [0, 0.05) is 87.4 Å². The van der Waals surface area contributed by atoms with Gasteiger partial charge in [0.25, 0.3) is 21.6 Å². The van der Waals surface area contributed by atoms with Gasteiger partial charge >= 0.3 is 0 Å². The highest BCUT2D eigenvalue weighted by atomic mass is 35.5. The van der Waals surface area contributed by atoms with E-state index in [1.807, 2.05) is 18.2 Å². The molecule has 66 heavy (non-hydrogen) atoms. The zero-order valence-corrected chi connectivity index (χ0v) is 39.1. The molecule has 0 unspecified atom stereocenters. The van der Waals surface area contributed by atoms with Crippen LogP contribution in [-0.2, 0) is 19.5 Å². The predicted molar refractivity (Wildman–Crippen MR) is 256 cm³/mol. The van der Waals surface area contributed by atoms with E-state index in [-0.39, 0.29) is 22.4 Å². The number of carbonyl (C=O) groups excluding carboxylic acids is 1. The van der Waals surface area contributed by atoms with Crippen molar-refractivity contribution in [1.29, 1.82) is 0 Å². The number of nitro groups is 1. The maximum Gasteiger partial charge on any atom is 0.293 e. The number of nitro benzene ring substituents is 1. The molecule has 2 saturated heterocycles. The Hall–Kier alpha value is -5.56. The summed E-state index contributed by atoms with van der Waals surface area (Å²) >= 11 is 6.25. The van der Waals surface area contributed by atoms with E-state index < -0.39 is 37.0 Å². The normalized spacial score (nSPS) is 19.0. The molecule has 1 amide bonds. The van der Waals surface area contributed by atoms with Crippen molar-refractivity contribution in [3.8, 4) is 11.5 Å². The van der Waals surface area contributed by atoms with Gasteiger partial charge in [-0.05, 0) is 104 Å². The number of nitrogens with one attached hydrogen (secondary N) is 4. The van der Waals surface area contributed by atoms with Crippen LogP contribution >= 0.6 is 11.6 Å². The number of nitrogens with zero attached hydrogens (tertiary/aromatic N) is 4. The van der Waals surface area contributed by atoms with Gasteiger partial charge < -0.3 is 34.7 Å². The van der Waals surface area contributed by atoms with Crippen LogP contribution in [0, 0.1) is 15.5 Å². The zero-order valence-electron chi connectivity index (χ0n) is 37.5. The molecule has 2 aliphatic heterocycles. The molecule has 5 aromatic rings. The van der Waals surface area contributed by atoms with E-state index in [2.05, 4.69) is 61.1 Å². The molecule has 0 bridgehead atoms. The van der Waals surface area contributed by atoms with Crippen LogP contribution in [0.5, 0.6) is 11.5 Å². The molecule has 2 fully saturated rings. The van der Waals surface area contributed by atoms with Gasteiger partial charge in [-0.25, -0.2) is 18.1 Å². The number of halogens is 1. The molecule has 18 heteroatoms. The van der Waals surface area contributed by atoms with Crippen LogP contribution in [0.4, 0.5) is 17.1 Å². The highest BCUT2D eigenvalue weighted by Gasteiger charge is 2.36. The number of hydrogen-bond donors (Lipinski definition) is 4. The van der Waals surface area contributed by atoms with Crippen LogP contribution < -0.4 is 25.0 Å². The Balaban J connectivity index is 1.00. The van der Waals surface area contributed by atoms with Crippen molar-refractivity contribution in [1.82, 2.24) is 24.9 Å². The Morgan fingerprint density at radius 1 is 0.985 bits per heavy atom. The van der Waals surface area contributed by atoms with Gasteiger partial charge in [-0.3, -0.25) is 19.8 Å². The first kappa shape index (κ1) is 47.0. The van der Waals surface area contributed by atoms with Crippen molar-refractivity contribution < 1.29 is 32.3 Å². The number of hydrogen-bond acceptors (Lipinski definition) is 13. The Morgan fingerprint density at radius 3 is 2.53 bits per heavy atom. The lowest BCUT2D eigenvalue weighted by Gasteiger charge is -2.39. The number of methoxy groups -OCH3 is 1. The summed E-state index contributed by atoms with van der Waals surface area (Å²) in [5.41, 5.74) is 4.88. The van der Waals surface area contributed by atoms with Crippen LogP contribution in [0.1, 0.15) is 61.9 Å². The summed E-state index contributed by atoms with van der Waals surface area (Å²) in [7, 11) is -3.02. The first-order valence-electron chi connectivity index (χ1n) is 22.3. The number of carbonyl (C=O) groups is 1. The van der Waals surface area contributed by atoms with Gasteiger partial charge in [-0.2, -0.15) is 0 Å². The number of aromatic nitrogens is 2. The molecule has 3 aliphatic rings.